The molecule has 4 N–H and O–H groups in total. The first-order valence-corrected chi connectivity index (χ1v) is 9.51. The molecule has 160 valence electrons. The first kappa shape index (κ1) is 21.5. The van der Waals surface area contributed by atoms with E-state index in [0.717, 1.165) is 5.57 Å². The van der Waals surface area contributed by atoms with Crippen molar-refractivity contribution in [2.45, 2.75) is 26.9 Å². The Morgan fingerprint density at radius 3 is 2.87 bits per heavy atom. The number of benzene rings is 1. The molecule has 0 fully saturated rings. The third kappa shape index (κ3) is 4.52. The number of fused-ring (bicyclic) bond motifs is 1. The maximum Gasteiger partial charge on any atom is 0.334 e. The summed E-state index contributed by atoms with van der Waals surface area (Å²) < 4.78 is 18.8. The molecule has 9 heteroatoms. The van der Waals surface area contributed by atoms with Gasteiger partial charge in [0.05, 0.1) is 17.8 Å². The van der Waals surface area contributed by atoms with E-state index < -0.39 is 18.0 Å². The van der Waals surface area contributed by atoms with Gasteiger partial charge in [-0.15, -0.1) is 0 Å². The molecule has 0 spiro atoms. The van der Waals surface area contributed by atoms with Crippen molar-refractivity contribution in [2.75, 3.05) is 25.2 Å². The summed E-state index contributed by atoms with van der Waals surface area (Å²) >= 11 is 0. The van der Waals surface area contributed by atoms with Crippen LogP contribution < -0.4 is 10.8 Å². The molecule has 8 nitrogen and oxygen atoms in total. The maximum atomic E-state index is 13.7. The summed E-state index contributed by atoms with van der Waals surface area (Å²) in [4.78, 5) is 32.4. The van der Waals surface area contributed by atoms with Crippen LogP contribution in [-0.4, -0.2) is 47.8 Å². The molecule has 1 atom stereocenters. The number of aromatic amines is 1. The van der Waals surface area contributed by atoms with Gasteiger partial charge in [-0.05, 0) is 56.2 Å². The van der Waals surface area contributed by atoms with Gasteiger partial charge in [0.1, 0.15) is 12.4 Å². The van der Waals surface area contributed by atoms with Crippen LogP contribution in [0, 0.1) is 19.7 Å². The third-order valence-electron chi connectivity index (χ3n) is 4.85. The molecule has 2 aromatic rings. The standard InChI is InChI=1S/C21H24FN3O5/c1-4-29-18(21(27)28)9-23-20(26)19-11(2)17(24-12(19)3)7-13-10-30-25-16-6-5-14(22)8-15(13)16/h5-8,18,24-25H,4,9-10H2,1-3H3,(H,23,26)(H,27,28)/b13-7+. The molecule has 0 radical (unpaired) electrons. The Labute approximate surface area is 173 Å². The largest absolute Gasteiger partial charge is 0.479 e. The number of carbonyl (C=O) groups is 2. The minimum absolute atomic E-state index is 0.144. The van der Waals surface area contributed by atoms with Crippen LogP contribution in [0.2, 0.25) is 0 Å². The van der Waals surface area contributed by atoms with Crippen molar-refractivity contribution < 1.29 is 28.7 Å². The van der Waals surface area contributed by atoms with Gasteiger partial charge < -0.3 is 20.1 Å². The lowest BCUT2D eigenvalue weighted by Gasteiger charge is -2.20. The number of rotatable bonds is 7. The molecule has 1 aliphatic heterocycles. The van der Waals surface area contributed by atoms with Gasteiger partial charge in [-0.25, -0.2) is 9.18 Å². The highest BCUT2D eigenvalue weighted by Gasteiger charge is 2.23. The number of nitrogens with one attached hydrogen (secondary N) is 3. The second-order valence-electron chi connectivity index (χ2n) is 6.91. The molecule has 3 rings (SSSR count). The summed E-state index contributed by atoms with van der Waals surface area (Å²) in [7, 11) is 0. The summed E-state index contributed by atoms with van der Waals surface area (Å²) in [5.41, 5.74) is 7.29. The molecular formula is C21H24FN3O5. The summed E-state index contributed by atoms with van der Waals surface area (Å²) in [6, 6.07) is 4.37. The molecule has 2 heterocycles. The Hall–Kier alpha value is -3.17. The van der Waals surface area contributed by atoms with Crippen molar-refractivity contribution in [3.63, 3.8) is 0 Å². The van der Waals surface area contributed by atoms with Gasteiger partial charge in [0, 0.05) is 23.6 Å². The van der Waals surface area contributed by atoms with Crippen molar-refractivity contribution in [1.29, 1.82) is 0 Å². The van der Waals surface area contributed by atoms with Gasteiger partial charge in [0.25, 0.3) is 5.91 Å². The Kier molecular flexibility index (Phi) is 6.53. The summed E-state index contributed by atoms with van der Waals surface area (Å²) in [6.07, 6.45) is 0.705. The first-order chi connectivity index (χ1) is 14.3. The molecule has 1 aromatic carbocycles. The highest BCUT2D eigenvalue weighted by atomic mass is 19.1. The number of carbonyl (C=O) groups excluding carboxylic acids is 1. The number of aromatic nitrogens is 1. The number of hydrogen-bond acceptors (Lipinski definition) is 5. The number of halogens is 1. The Bertz CT molecular complexity index is 999. The van der Waals surface area contributed by atoms with Crippen LogP contribution in [0.1, 0.15) is 39.8 Å². The van der Waals surface area contributed by atoms with Crippen molar-refractivity contribution in [2.24, 2.45) is 0 Å². The number of amides is 1. The minimum atomic E-state index is -1.14. The Balaban J connectivity index is 1.85. The average molecular weight is 417 g/mol. The molecule has 30 heavy (non-hydrogen) atoms. The molecule has 1 aliphatic rings. The highest BCUT2D eigenvalue weighted by molar-refractivity contribution is 5.99. The predicted octanol–water partition coefficient (Wildman–Crippen LogP) is 2.89. The van der Waals surface area contributed by atoms with Gasteiger partial charge in [-0.3, -0.25) is 15.1 Å². The van der Waals surface area contributed by atoms with E-state index in [1.54, 1.807) is 26.8 Å². The molecule has 0 aliphatic carbocycles. The van der Waals surface area contributed by atoms with E-state index in [9.17, 15) is 14.0 Å². The maximum absolute atomic E-state index is 13.7. The zero-order valence-electron chi connectivity index (χ0n) is 17.0. The van der Waals surface area contributed by atoms with Gasteiger partial charge in [0.15, 0.2) is 6.10 Å². The number of anilines is 1. The van der Waals surface area contributed by atoms with Crippen LogP contribution in [0.5, 0.6) is 0 Å². The van der Waals surface area contributed by atoms with Crippen molar-refractivity contribution in [3.05, 3.63) is 52.1 Å². The van der Waals surface area contributed by atoms with Gasteiger partial charge in [-0.1, -0.05) is 0 Å². The monoisotopic (exact) mass is 417 g/mol. The second kappa shape index (κ2) is 9.10. The van der Waals surface area contributed by atoms with E-state index in [4.69, 9.17) is 14.7 Å². The van der Waals surface area contributed by atoms with E-state index >= 15 is 0 Å². The molecular weight excluding hydrogens is 393 g/mol. The normalized spacial score (nSPS) is 15.4. The van der Waals surface area contributed by atoms with E-state index in [2.05, 4.69) is 15.8 Å². The number of aryl methyl sites for hydroxylation is 1. The fraction of sp³-hybridized carbons (Fsp3) is 0.333. The summed E-state index contributed by atoms with van der Waals surface area (Å²) in [5.74, 6) is -1.89. The number of hydrogen-bond donors (Lipinski definition) is 4. The molecule has 1 aromatic heterocycles. The molecule has 1 amide bonds. The van der Waals surface area contributed by atoms with E-state index in [1.807, 2.05) is 6.08 Å². The van der Waals surface area contributed by atoms with Crippen LogP contribution in [-0.2, 0) is 14.4 Å². The van der Waals surface area contributed by atoms with E-state index in [1.165, 1.54) is 12.1 Å². The van der Waals surface area contributed by atoms with Crippen LogP contribution in [0.4, 0.5) is 10.1 Å². The number of carboxylic acid groups (broad SMARTS) is 1. The van der Waals surface area contributed by atoms with Crippen molar-refractivity contribution >= 4 is 29.2 Å². The molecule has 1 unspecified atom stereocenters. The third-order valence-corrected chi connectivity index (χ3v) is 4.85. The highest BCUT2D eigenvalue weighted by Crippen LogP contribution is 2.31. The quantitative estimate of drug-likeness (QED) is 0.551. The second-order valence-corrected chi connectivity index (χ2v) is 6.91. The molecule has 0 saturated heterocycles. The van der Waals surface area contributed by atoms with Crippen LogP contribution in [0.15, 0.2) is 18.2 Å². The zero-order valence-corrected chi connectivity index (χ0v) is 17.0. The van der Waals surface area contributed by atoms with E-state index in [0.29, 0.717) is 33.8 Å². The molecule has 0 bridgehead atoms. The van der Waals surface area contributed by atoms with Crippen LogP contribution >= 0.6 is 0 Å². The fourth-order valence-corrected chi connectivity index (χ4v) is 3.39. The van der Waals surface area contributed by atoms with E-state index in [-0.39, 0.29) is 25.6 Å². The Morgan fingerprint density at radius 2 is 2.17 bits per heavy atom. The number of carboxylic acids is 1. The number of aliphatic carboxylic acids is 1. The summed E-state index contributed by atoms with van der Waals surface area (Å²) in [5, 5.41) is 11.8. The van der Waals surface area contributed by atoms with Crippen molar-refractivity contribution in [3.8, 4) is 0 Å². The zero-order chi connectivity index (χ0) is 21.8. The van der Waals surface area contributed by atoms with Crippen molar-refractivity contribution in [1.82, 2.24) is 10.3 Å². The number of ether oxygens (including phenoxy) is 1. The first-order valence-electron chi connectivity index (χ1n) is 9.51. The SMILES string of the molecule is CCOC(CNC(=O)c1c(C)[nH]c(/C=C2\CONc3ccc(F)cc32)c1C)C(=O)O. The average Bonchev–Trinajstić information content (AvgIpc) is 2.98. The number of H-pyrrole nitrogens is 1. The van der Waals surface area contributed by atoms with Gasteiger partial charge in [-0.2, -0.15) is 0 Å². The predicted molar refractivity (Wildman–Crippen MR) is 109 cm³/mol. The minimum Gasteiger partial charge on any atom is -0.479 e. The van der Waals surface area contributed by atoms with Crippen LogP contribution in [0.25, 0.3) is 11.6 Å². The van der Waals surface area contributed by atoms with Gasteiger partial charge >= 0.3 is 5.97 Å². The smallest absolute Gasteiger partial charge is 0.334 e. The lowest BCUT2D eigenvalue weighted by atomic mass is 10.0. The summed E-state index contributed by atoms with van der Waals surface area (Å²) in [6.45, 7) is 5.54. The van der Waals surface area contributed by atoms with Crippen LogP contribution in [0.3, 0.4) is 0 Å². The lowest BCUT2D eigenvalue weighted by Crippen LogP contribution is -2.38. The lowest BCUT2D eigenvalue weighted by molar-refractivity contribution is -0.149. The van der Waals surface area contributed by atoms with Gasteiger partial charge in [0.2, 0.25) is 0 Å². The topological polar surface area (TPSA) is 113 Å². The fourth-order valence-electron chi connectivity index (χ4n) is 3.39. The Morgan fingerprint density at radius 1 is 1.40 bits per heavy atom. The molecule has 0 saturated carbocycles.